The van der Waals surface area contributed by atoms with E-state index in [0.717, 1.165) is 39.3 Å². The molecular weight excluding hydrogens is 398 g/mol. The molecule has 0 saturated heterocycles. The van der Waals surface area contributed by atoms with Gasteiger partial charge in [0, 0.05) is 56.3 Å². The Balaban J connectivity index is 1.98. The van der Waals surface area contributed by atoms with Crippen LogP contribution < -0.4 is 9.80 Å². The fraction of sp³-hybridized carbons (Fsp3) is 0.296. The first-order chi connectivity index (χ1) is 15.3. The molecule has 5 nitrogen and oxygen atoms in total. The van der Waals surface area contributed by atoms with Gasteiger partial charge in [-0.15, -0.1) is 0 Å². The zero-order valence-electron chi connectivity index (χ0n) is 19.7. The van der Waals surface area contributed by atoms with Gasteiger partial charge in [0.25, 0.3) is 0 Å². The lowest BCUT2D eigenvalue weighted by atomic mass is 9.78. The van der Waals surface area contributed by atoms with Crippen molar-refractivity contribution in [1.29, 1.82) is 0 Å². The molecule has 5 heteroatoms. The molecule has 0 saturated carbocycles. The number of fused-ring (bicyclic) bond motifs is 1. The first-order valence-corrected chi connectivity index (χ1v) is 10.9. The van der Waals surface area contributed by atoms with E-state index in [2.05, 4.69) is 88.4 Å². The molecule has 4 rings (SSSR count). The molecule has 1 heterocycles. The number of nitrogens with zero attached hydrogens (tertiary/aromatic N) is 3. The maximum atomic E-state index is 6.65. The summed E-state index contributed by atoms with van der Waals surface area (Å²) in [6.07, 6.45) is 0.291. The highest BCUT2D eigenvalue weighted by Crippen LogP contribution is 2.48. The Morgan fingerprint density at radius 2 is 1.34 bits per heavy atom. The van der Waals surface area contributed by atoms with Crippen LogP contribution in [0, 0.1) is 6.92 Å². The molecule has 3 aromatic carbocycles. The van der Waals surface area contributed by atoms with Crippen molar-refractivity contribution < 1.29 is 9.47 Å². The summed E-state index contributed by atoms with van der Waals surface area (Å²) in [5.41, 5.74) is 6.46. The summed E-state index contributed by atoms with van der Waals surface area (Å²) >= 11 is 0. The van der Waals surface area contributed by atoms with Crippen LogP contribution in [0.2, 0.25) is 0 Å². The molecule has 0 unspecified atom stereocenters. The highest BCUT2D eigenvalue weighted by atomic mass is 16.7. The van der Waals surface area contributed by atoms with E-state index in [1.165, 1.54) is 0 Å². The molecule has 0 amide bonds. The van der Waals surface area contributed by atoms with Crippen LogP contribution in [0.5, 0.6) is 0 Å². The minimum atomic E-state index is -0.870. The molecule has 3 aromatic rings. The van der Waals surface area contributed by atoms with Crippen LogP contribution in [-0.2, 0) is 15.1 Å². The molecule has 32 heavy (non-hydrogen) atoms. The normalized spacial score (nSPS) is 14.1. The average molecular weight is 430 g/mol. The van der Waals surface area contributed by atoms with Crippen molar-refractivity contribution in [2.75, 3.05) is 44.6 Å². The standard InChI is InChI=1S/C27H31N3O2/c1-7-31-26-28-25-18-19(2)8-17-24(25)27(32-26,20-9-13-22(14-10-20)29(3)4)21-11-15-23(16-12-21)30(5)6/h8-18H,7H2,1-6H3. The lowest BCUT2D eigenvalue weighted by molar-refractivity contribution is 0.0726. The molecule has 0 N–H and O–H groups in total. The molecule has 0 spiro atoms. The molecule has 1 aliphatic heterocycles. The monoisotopic (exact) mass is 429 g/mol. The lowest BCUT2D eigenvalue weighted by Crippen LogP contribution is -2.38. The topological polar surface area (TPSA) is 37.3 Å². The van der Waals surface area contributed by atoms with Gasteiger partial charge in [-0.1, -0.05) is 36.4 Å². The van der Waals surface area contributed by atoms with Crippen molar-refractivity contribution >= 4 is 23.1 Å². The second kappa shape index (κ2) is 8.58. The highest BCUT2D eigenvalue weighted by molar-refractivity contribution is 5.79. The van der Waals surface area contributed by atoms with Crippen molar-refractivity contribution in [3.8, 4) is 0 Å². The van der Waals surface area contributed by atoms with Crippen molar-refractivity contribution in [3.63, 3.8) is 0 Å². The van der Waals surface area contributed by atoms with Gasteiger partial charge in [0.15, 0.2) is 5.60 Å². The zero-order valence-corrected chi connectivity index (χ0v) is 19.7. The maximum Gasteiger partial charge on any atom is 0.390 e. The Labute approximate surface area is 190 Å². The van der Waals surface area contributed by atoms with Crippen molar-refractivity contribution in [2.45, 2.75) is 19.4 Å². The minimum Gasteiger partial charge on any atom is -0.451 e. The molecule has 166 valence electrons. The number of benzene rings is 3. The summed E-state index contributed by atoms with van der Waals surface area (Å²) < 4.78 is 12.5. The van der Waals surface area contributed by atoms with Gasteiger partial charge < -0.3 is 19.3 Å². The van der Waals surface area contributed by atoms with E-state index in [1.807, 2.05) is 35.1 Å². The van der Waals surface area contributed by atoms with Gasteiger partial charge in [-0.05, 0) is 49.7 Å². The van der Waals surface area contributed by atoms with Crippen LogP contribution in [-0.4, -0.2) is 40.9 Å². The third kappa shape index (κ3) is 3.79. The third-order valence-corrected chi connectivity index (χ3v) is 5.83. The summed E-state index contributed by atoms with van der Waals surface area (Å²) in [5.74, 6) is 0. The van der Waals surface area contributed by atoms with Gasteiger partial charge in [-0.25, -0.2) is 0 Å². The van der Waals surface area contributed by atoms with Gasteiger partial charge in [0.1, 0.15) is 0 Å². The lowest BCUT2D eigenvalue weighted by Gasteiger charge is -2.39. The average Bonchev–Trinajstić information content (AvgIpc) is 2.78. The number of ether oxygens (including phenoxy) is 2. The Bertz CT molecular complexity index is 1070. The van der Waals surface area contributed by atoms with Gasteiger partial charge in [-0.2, -0.15) is 4.99 Å². The predicted octanol–water partition coefficient (Wildman–Crippen LogP) is 5.47. The van der Waals surface area contributed by atoms with Crippen LogP contribution in [0.4, 0.5) is 17.1 Å². The number of aliphatic imine (C=N–C) groups is 1. The largest absolute Gasteiger partial charge is 0.451 e. The summed E-state index contributed by atoms with van der Waals surface area (Å²) in [4.78, 5) is 8.87. The van der Waals surface area contributed by atoms with Gasteiger partial charge in [0.05, 0.1) is 12.3 Å². The van der Waals surface area contributed by atoms with Crippen LogP contribution in [0.1, 0.15) is 29.2 Å². The third-order valence-electron chi connectivity index (χ3n) is 5.83. The van der Waals surface area contributed by atoms with Crippen LogP contribution in [0.15, 0.2) is 71.7 Å². The van der Waals surface area contributed by atoms with Crippen molar-refractivity contribution in [2.24, 2.45) is 4.99 Å². The maximum absolute atomic E-state index is 6.65. The Morgan fingerprint density at radius 3 is 1.81 bits per heavy atom. The highest BCUT2D eigenvalue weighted by Gasteiger charge is 2.45. The predicted molar refractivity (Wildman–Crippen MR) is 132 cm³/mol. The second-order valence-electron chi connectivity index (χ2n) is 8.50. The molecule has 0 fully saturated rings. The molecule has 0 aliphatic carbocycles. The number of hydrogen-bond donors (Lipinski definition) is 0. The van der Waals surface area contributed by atoms with E-state index >= 15 is 0 Å². The van der Waals surface area contributed by atoms with Crippen LogP contribution in [0.25, 0.3) is 0 Å². The van der Waals surface area contributed by atoms with Gasteiger partial charge in [-0.3, -0.25) is 0 Å². The molecule has 0 radical (unpaired) electrons. The minimum absolute atomic E-state index is 0.291. The Hall–Kier alpha value is -3.47. The number of hydrogen-bond acceptors (Lipinski definition) is 5. The van der Waals surface area contributed by atoms with E-state index < -0.39 is 5.60 Å². The summed E-state index contributed by atoms with van der Waals surface area (Å²) in [5, 5.41) is 0. The SMILES string of the molecule is CCOC1=Nc2cc(C)ccc2C(c2ccc(N(C)C)cc2)(c2ccc(N(C)C)cc2)O1. The second-order valence-corrected chi connectivity index (χ2v) is 8.50. The van der Waals surface area contributed by atoms with Gasteiger partial charge >= 0.3 is 6.08 Å². The van der Waals surface area contributed by atoms with E-state index in [1.54, 1.807) is 0 Å². The number of aryl methyl sites for hydroxylation is 1. The van der Waals surface area contributed by atoms with Crippen LogP contribution >= 0.6 is 0 Å². The molecule has 0 bridgehead atoms. The quantitative estimate of drug-likeness (QED) is 0.539. The van der Waals surface area contributed by atoms with Crippen LogP contribution in [0.3, 0.4) is 0 Å². The fourth-order valence-corrected chi connectivity index (χ4v) is 4.11. The first kappa shape index (κ1) is 21.8. The van der Waals surface area contributed by atoms with Crippen molar-refractivity contribution in [1.82, 2.24) is 0 Å². The molecule has 0 atom stereocenters. The summed E-state index contributed by atoms with van der Waals surface area (Å²) in [6.45, 7) is 4.50. The number of rotatable bonds is 5. The molecule has 0 aromatic heterocycles. The zero-order chi connectivity index (χ0) is 22.9. The van der Waals surface area contributed by atoms with Gasteiger partial charge in [0.2, 0.25) is 0 Å². The molecular formula is C27H31N3O2. The summed E-state index contributed by atoms with van der Waals surface area (Å²) in [7, 11) is 8.17. The fourth-order valence-electron chi connectivity index (χ4n) is 4.11. The summed E-state index contributed by atoms with van der Waals surface area (Å²) in [6, 6.07) is 23.3. The number of anilines is 2. The Morgan fingerprint density at radius 1 is 0.812 bits per heavy atom. The van der Waals surface area contributed by atoms with E-state index in [-0.39, 0.29) is 0 Å². The molecule has 1 aliphatic rings. The van der Waals surface area contributed by atoms with Crippen molar-refractivity contribution in [3.05, 3.63) is 89.0 Å². The smallest absolute Gasteiger partial charge is 0.390 e. The van der Waals surface area contributed by atoms with E-state index in [4.69, 9.17) is 9.47 Å². The Kier molecular flexibility index (Phi) is 5.83. The van der Waals surface area contributed by atoms with E-state index in [9.17, 15) is 0 Å². The first-order valence-electron chi connectivity index (χ1n) is 10.9. The van der Waals surface area contributed by atoms with E-state index in [0.29, 0.717) is 12.7 Å².